The first-order valence-corrected chi connectivity index (χ1v) is 9.00. The Morgan fingerprint density at radius 2 is 1.74 bits per heavy atom. The zero-order valence-corrected chi connectivity index (χ0v) is 14.7. The van der Waals surface area contributed by atoms with Crippen molar-refractivity contribution in [2.45, 2.75) is 83.8 Å². The van der Waals surface area contributed by atoms with E-state index in [1.165, 1.54) is 37.0 Å². The number of hydrogen-bond acceptors (Lipinski definition) is 3. The number of aliphatic carboxylic acids is 1. The molecule has 1 N–H and O–H groups in total. The van der Waals surface area contributed by atoms with E-state index in [0.29, 0.717) is 12.5 Å². The Labute approximate surface area is 139 Å². The Balaban J connectivity index is 2.06. The lowest BCUT2D eigenvalue weighted by molar-refractivity contribution is -0.147. The Bertz CT molecular complexity index is 423. The maximum atomic E-state index is 12.4. The minimum Gasteiger partial charge on any atom is -0.480 e. The first kappa shape index (κ1) is 18.1. The highest BCUT2D eigenvalue weighted by molar-refractivity contribution is 5.80. The molecule has 0 unspecified atom stereocenters. The summed E-state index contributed by atoms with van der Waals surface area (Å²) in [4.78, 5) is 25.7. The fourth-order valence-electron chi connectivity index (χ4n) is 4.03. The van der Waals surface area contributed by atoms with Crippen LogP contribution in [0.15, 0.2) is 0 Å². The highest BCUT2D eigenvalue weighted by Crippen LogP contribution is 2.35. The van der Waals surface area contributed by atoms with Gasteiger partial charge in [0.1, 0.15) is 11.6 Å². The Morgan fingerprint density at radius 1 is 1.09 bits per heavy atom. The summed E-state index contributed by atoms with van der Waals surface area (Å²) in [5.41, 5.74) is -0.601. The molecule has 1 amide bonds. The second-order valence-corrected chi connectivity index (χ2v) is 8.10. The molecule has 132 valence electrons. The molecule has 0 spiro atoms. The molecular weight excluding hydrogens is 294 g/mol. The van der Waals surface area contributed by atoms with Gasteiger partial charge in [0.25, 0.3) is 0 Å². The summed E-state index contributed by atoms with van der Waals surface area (Å²) < 4.78 is 5.42. The van der Waals surface area contributed by atoms with Gasteiger partial charge in [0.05, 0.1) is 0 Å². The number of piperidine rings is 1. The largest absolute Gasteiger partial charge is 0.480 e. The molecule has 1 saturated carbocycles. The molecule has 1 saturated heterocycles. The zero-order chi connectivity index (χ0) is 17.0. The average Bonchev–Trinajstić information content (AvgIpc) is 2.46. The van der Waals surface area contributed by atoms with Gasteiger partial charge in [0, 0.05) is 6.54 Å². The molecule has 1 aliphatic heterocycles. The van der Waals surface area contributed by atoms with E-state index in [1.54, 1.807) is 0 Å². The standard InChI is InChI=1S/C18H31NO4/c1-18(2,3)23-17(22)19-11-7-10-14(15(19)16(20)21)12-13-8-5-4-6-9-13/h13-15H,4-12H2,1-3H3,(H,20,21)/t14-,15+/m0/s1. The average molecular weight is 325 g/mol. The van der Waals surface area contributed by atoms with Gasteiger partial charge < -0.3 is 9.84 Å². The summed E-state index contributed by atoms with van der Waals surface area (Å²) in [6.45, 7) is 5.91. The van der Waals surface area contributed by atoms with Crippen LogP contribution in [0.3, 0.4) is 0 Å². The number of rotatable bonds is 3. The first-order valence-electron chi connectivity index (χ1n) is 9.00. The molecule has 0 aromatic rings. The summed E-state index contributed by atoms with van der Waals surface area (Å²) in [7, 11) is 0. The number of likely N-dealkylation sites (tertiary alicyclic amines) is 1. The number of carbonyl (C=O) groups is 2. The van der Waals surface area contributed by atoms with Crippen LogP contribution in [-0.4, -0.2) is 40.3 Å². The number of carboxylic acid groups (broad SMARTS) is 1. The number of hydrogen-bond donors (Lipinski definition) is 1. The number of carboxylic acids is 1. The highest BCUT2D eigenvalue weighted by Gasteiger charge is 2.41. The van der Waals surface area contributed by atoms with Crippen molar-refractivity contribution in [1.82, 2.24) is 4.90 Å². The molecular formula is C18H31NO4. The highest BCUT2D eigenvalue weighted by atomic mass is 16.6. The number of amides is 1. The van der Waals surface area contributed by atoms with Crippen LogP contribution >= 0.6 is 0 Å². The predicted molar refractivity (Wildman–Crippen MR) is 88.3 cm³/mol. The Morgan fingerprint density at radius 3 is 2.30 bits per heavy atom. The molecule has 2 aliphatic rings. The van der Waals surface area contributed by atoms with Gasteiger partial charge in [-0.1, -0.05) is 32.1 Å². The second-order valence-electron chi connectivity index (χ2n) is 8.10. The zero-order valence-electron chi connectivity index (χ0n) is 14.7. The Kier molecular flexibility index (Phi) is 5.93. The summed E-state index contributed by atoms with van der Waals surface area (Å²) in [6.07, 6.45) is 8.41. The van der Waals surface area contributed by atoms with E-state index < -0.39 is 23.7 Å². The van der Waals surface area contributed by atoms with Crippen LogP contribution in [0.5, 0.6) is 0 Å². The van der Waals surface area contributed by atoms with Gasteiger partial charge >= 0.3 is 12.1 Å². The number of carbonyl (C=O) groups excluding carboxylic acids is 1. The van der Waals surface area contributed by atoms with Gasteiger partial charge in [0.2, 0.25) is 0 Å². The molecule has 2 fully saturated rings. The van der Waals surface area contributed by atoms with Crippen LogP contribution in [0.25, 0.3) is 0 Å². The minimum absolute atomic E-state index is 0.0527. The molecule has 5 heteroatoms. The van der Waals surface area contributed by atoms with Crippen LogP contribution in [0.4, 0.5) is 4.79 Å². The molecule has 0 bridgehead atoms. The van der Waals surface area contributed by atoms with E-state index in [9.17, 15) is 14.7 Å². The van der Waals surface area contributed by atoms with Crippen molar-refractivity contribution in [2.24, 2.45) is 11.8 Å². The van der Waals surface area contributed by atoms with Gasteiger partial charge in [-0.05, 0) is 51.9 Å². The lowest BCUT2D eigenvalue weighted by atomic mass is 9.77. The minimum atomic E-state index is -0.892. The molecule has 0 radical (unpaired) electrons. The smallest absolute Gasteiger partial charge is 0.411 e. The first-order chi connectivity index (χ1) is 10.8. The van der Waals surface area contributed by atoms with Crippen LogP contribution in [0.1, 0.15) is 72.1 Å². The quantitative estimate of drug-likeness (QED) is 0.850. The molecule has 5 nitrogen and oxygen atoms in total. The fraction of sp³-hybridized carbons (Fsp3) is 0.889. The van der Waals surface area contributed by atoms with E-state index in [2.05, 4.69) is 0 Å². The van der Waals surface area contributed by atoms with Gasteiger partial charge in [0.15, 0.2) is 0 Å². The summed E-state index contributed by atoms with van der Waals surface area (Å²) in [5.74, 6) is -0.220. The van der Waals surface area contributed by atoms with Crippen molar-refractivity contribution in [3.05, 3.63) is 0 Å². The van der Waals surface area contributed by atoms with Crippen molar-refractivity contribution in [3.8, 4) is 0 Å². The molecule has 2 rings (SSSR count). The van der Waals surface area contributed by atoms with Gasteiger partial charge in [-0.15, -0.1) is 0 Å². The lowest BCUT2D eigenvalue weighted by Crippen LogP contribution is -2.54. The van der Waals surface area contributed by atoms with E-state index in [0.717, 1.165) is 19.3 Å². The molecule has 1 heterocycles. The van der Waals surface area contributed by atoms with Crippen molar-refractivity contribution in [1.29, 1.82) is 0 Å². The van der Waals surface area contributed by atoms with Crippen molar-refractivity contribution >= 4 is 12.1 Å². The SMILES string of the molecule is CC(C)(C)OC(=O)N1CCC[C@@H](CC2CCCCC2)[C@@H]1C(=O)O. The van der Waals surface area contributed by atoms with Gasteiger partial charge in [-0.3, -0.25) is 4.90 Å². The molecule has 23 heavy (non-hydrogen) atoms. The summed E-state index contributed by atoms with van der Waals surface area (Å²) in [5, 5.41) is 9.71. The van der Waals surface area contributed by atoms with Crippen molar-refractivity contribution in [2.75, 3.05) is 6.54 Å². The Hall–Kier alpha value is -1.26. The maximum Gasteiger partial charge on any atom is 0.411 e. The fourth-order valence-corrected chi connectivity index (χ4v) is 4.03. The van der Waals surface area contributed by atoms with Crippen LogP contribution in [0, 0.1) is 11.8 Å². The van der Waals surface area contributed by atoms with Crippen molar-refractivity contribution in [3.63, 3.8) is 0 Å². The lowest BCUT2D eigenvalue weighted by Gasteiger charge is -2.40. The van der Waals surface area contributed by atoms with Gasteiger partial charge in [-0.25, -0.2) is 9.59 Å². The van der Waals surface area contributed by atoms with E-state index >= 15 is 0 Å². The van der Waals surface area contributed by atoms with Crippen molar-refractivity contribution < 1.29 is 19.4 Å². The van der Waals surface area contributed by atoms with Crippen LogP contribution in [0.2, 0.25) is 0 Å². The number of ether oxygens (including phenoxy) is 1. The van der Waals surface area contributed by atoms with E-state index in [4.69, 9.17) is 4.74 Å². The third kappa shape index (κ3) is 5.11. The number of nitrogens with zero attached hydrogens (tertiary/aromatic N) is 1. The van der Waals surface area contributed by atoms with E-state index in [-0.39, 0.29) is 5.92 Å². The van der Waals surface area contributed by atoms with Crippen LogP contribution < -0.4 is 0 Å². The third-order valence-corrected chi connectivity index (χ3v) is 5.00. The molecule has 2 atom stereocenters. The molecule has 1 aliphatic carbocycles. The topological polar surface area (TPSA) is 66.8 Å². The molecule has 0 aromatic heterocycles. The third-order valence-electron chi connectivity index (χ3n) is 5.00. The van der Waals surface area contributed by atoms with E-state index in [1.807, 2.05) is 20.8 Å². The maximum absolute atomic E-state index is 12.4. The van der Waals surface area contributed by atoms with Gasteiger partial charge in [-0.2, -0.15) is 0 Å². The summed E-state index contributed by atoms with van der Waals surface area (Å²) in [6, 6.07) is -0.736. The predicted octanol–water partition coefficient (Wildman–Crippen LogP) is 4.06. The monoisotopic (exact) mass is 325 g/mol. The normalized spacial score (nSPS) is 26.8. The molecule has 0 aromatic carbocycles. The van der Waals surface area contributed by atoms with Crippen LogP contribution in [-0.2, 0) is 9.53 Å². The summed E-state index contributed by atoms with van der Waals surface area (Å²) >= 11 is 0. The second kappa shape index (κ2) is 7.54.